The van der Waals surface area contributed by atoms with Gasteiger partial charge in [0.25, 0.3) is 0 Å². The molecule has 2 atom stereocenters. The van der Waals surface area contributed by atoms with Crippen LogP contribution in [0.4, 0.5) is 0 Å². The molecule has 10 aromatic rings. The smallest absolute Gasteiger partial charge is 0.171 e. The van der Waals surface area contributed by atoms with Crippen LogP contribution in [0.1, 0.15) is 11.1 Å². The molecule has 2 aromatic heterocycles. The van der Waals surface area contributed by atoms with Crippen LogP contribution in [0.2, 0.25) is 0 Å². The summed E-state index contributed by atoms with van der Waals surface area (Å²) in [6.45, 7) is 0. The Bertz CT molecular complexity index is 3200. The summed E-state index contributed by atoms with van der Waals surface area (Å²) in [6.07, 6.45) is 3.98. The van der Waals surface area contributed by atoms with Crippen LogP contribution < -0.4 is 31.8 Å². The van der Waals surface area contributed by atoms with E-state index in [1.807, 2.05) is 140 Å². The Morgan fingerprint density at radius 3 is 1.40 bits per heavy atom. The van der Waals surface area contributed by atoms with Gasteiger partial charge in [0, 0.05) is 60.7 Å². The molecule has 0 amide bonds. The number of nitrogens with zero attached hydrogens (tertiary/aromatic N) is 2. The van der Waals surface area contributed by atoms with E-state index >= 15 is 9.13 Å². The van der Waals surface area contributed by atoms with E-state index in [0.29, 0.717) is 6.42 Å². The Morgan fingerprint density at radius 1 is 0.383 bits per heavy atom. The van der Waals surface area contributed by atoms with Gasteiger partial charge in [-0.1, -0.05) is 176 Å². The average Bonchev–Trinajstić information content (AvgIpc) is 3.67. The van der Waals surface area contributed by atoms with Gasteiger partial charge in [0.2, 0.25) is 0 Å². The molecule has 10 rings (SSSR count). The van der Waals surface area contributed by atoms with Crippen molar-refractivity contribution in [3.05, 3.63) is 242 Å². The van der Waals surface area contributed by atoms with E-state index in [0.717, 1.165) is 70.8 Å². The Labute approximate surface area is 350 Å². The lowest BCUT2D eigenvalue weighted by Gasteiger charge is -2.26. The van der Waals surface area contributed by atoms with Crippen LogP contribution in [0, 0.1) is 0 Å². The number of hydrogen-bond donors (Lipinski definition) is 0. The highest BCUT2D eigenvalue weighted by molar-refractivity contribution is 7.86. The van der Waals surface area contributed by atoms with Crippen molar-refractivity contribution in [1.29, 1.82) is 0 Å². The molecular weight excluding hydrogens is 771 g/mol. The quantitative estimate of drug-likeness (QED) is 0.129. The summed E-state index contributed by atoms with van der Waals surface area (Å²) < 4.78 is 35.0. The zero-order valence-electron chi connectivity index (χ0n) is 32.8. The molecule has 288 valence electrons. The van der Waals surface area contributed by atoms with Gasteiger partial charge in [-0.25, -0.2) is 0 Å². The first-order valence-corrected chi connectivity index (χ1v) is 23.5. The monoisotopic (exact) mass is 810 g/mol. The highest BCUT2D eigenvalue weighted by atomic mass is 31.2. The van der Waals surface area contributed by atoms with E-state index in [-0.39, 0.29) is 0 Å². The predicted octanol–water partition coefficient (Wildman–Crippen LogP) is 10.7. The van der Waals surface area contributed by atoms with Crippen LogP contribution in [-0.4, -0.2) is 9.55 Å². The summed E-state index contributed by atoms with van der Waals surface area (Å²) in [6, 6.07) is 73.0. The second-order valence-corrected chi connectivity index (χ2v) is 20.5. The number of fused-ring (bicyclic) bond motifs is 3. The molecule has 6 heteroatoms. The fourth-order valence-corrected chi connectivity index (χ4v) is 14.6. The fraction of sp³-hybridized carbons (Fsp3) is 0.0185. The normalized spacial score (nSPS) is 13.5. The van der Waals surface area contributed by atoms with Gasteiger partial charge in [-0.05, 0) is 71.1 Å². The molecule has 8 aromatic carbocycles. The van der Waals surface area contributed by atoms with Crippen molar-refractivity contribution >= 4 is 67.9 Å². The largest absolute Gasteiger partial charge is 0.309 e. The van der Waals surface area contributed by atoms with Gasteiger partial charge in [0.15, 0.2) is 14.3 Å². The molecule has 0 aliphatic rings. The Hall–Kier alpha value is -6.83. The molecule has 0 saturated carbocycles. The van der Waals surface area contributed by atoms with E-state index < -0.39 is 14.3 Å². The topological polar surface area (TPSA) is 52.0 Å². The third-order valence-corrected chi connectivity index (χ3v) is 17.8. The number of benzene rings is 8. The van der Waals surface area contributed by atoms with Crippen molar-refractivity contribution in [1.82, 2.24) is 9.55 Å². The Morgan fingerprint density at radius 2 is 0.833 bits per heavy atom. The molecule has 2 unspecified atom stereocenters. The maximum Gasteiger partial charge on any atom is 0.171 e. The summed E-state index contributed by atoms with van der Waals surface area (Å²) >= 11 is 0. The molecular formula is C54H40N2O2P2. The van der Waals surface area contributed by atoms with Crippen molar-refractivity contribution in [3.63, 3.8) is 0 Å². The molecule has 0 bridgehead atoms. The molecule has 0 saturated heterocycles. The van der Waals surface area contributed by atoms with Crippen LogP contribution in [-0.2, 0) is 15.6 Å². The van der Waals surface area contributed by atoms with Crippen molar-refractivity contribution in [2.24, 2.45) is 0 Å². The average molecular weight is 811 g/mol. The second kappa shape index (κ2) is 15.7. The van der Waals surface area contributed by atoms with Crippen molar-refractivity contribution in [2.45, 2.75) is 6.42 Å². The first-order chi connectivity index (χ1) is 29.5. The Balaban J connectivity index is 1.14. The van der Waals surface area contributed by atoms with Gasteiger partial charge in [0.05, 0.1) is 11.0 Å². The molecule has 0 radical (unpaired) electrons. The minimum Gasteiger partial charge on any atom is -0.309 e. The number of rotatable bonds is 10. The van der Waals surface area contributed by atoms with E-state index in [4.69, 9.17) is 0 Å². The van der Waals surface area contributed by atoms with Crippen molar-refractivity contribution in [2.75, 3.05) is 0 Å². The van der Waals surface area contributed by atoms with Crippen LogP contribution in [0.3, 0.4) is 0 Å². The van der Waals surface area contributed by atoms with E-state index in [2.05, 4.69) is 88.4 Å². The predicted molar refractivity (Wildman–Crippen MR) is 252 cm³/mol. The molecule has 0 aliphatic heterocycles. The third-order valence-electron chi connectivity index (χ3n) is 11.5. The molecule has 0 spiro atoms. The first-order valence-electron chi connectivity index (χ1n) is 20.1. The minimum atomic E-state index is -3.50. The number of hydrogen-bond acceptors (Lipinski definition) is 3. The zero-order valence-corrected chi connectivity index (χ0v) is 34.5. The van der Waals surface area contributed by atoms with Crippen LogP contribution in [0.25, 0.3) is 38.6 Å². The summed E-state index contributed by atoms with van der Waals surface area (Å²) in [4.78, 5) is 4.21. The molecule has 4 nitrogen and oxygen atoms in total. The molecule has 60 heavy (non-hydrogen) atoms. The lowest BCUT2D eigenvalue weighted by atomic mass is 10.1. The lowest BCUT2D eigenvalue weighted by Crippen LogP contribution is -2.30. The summed E-state index contributed by atoms with van der Waals surface area (Å²) in [7, 11) is -6.93. The van der Waals surface area contributed by atoms with Gasteiger partial charge >= 0.3 is 0 Å². The maximum atomic E-state index is 16.5. The summed E-state index contributed by atoms with van der Waals surface area (Å²) in [5, 5.41) is 6.89. The second-order valence-electron chi connectivity index (χ2n) is 15.0. The van der Waals surface area contributed by atoms with Gasteiger partial charge in [-0.2, -0.15) is 0 Å². The highest BCUT2D eigenvalue weighted by Crippen LogP contribution is 2.47. The van der Waals surface area contributed by atoms with Gasteiger partial charge in [-0.15, -0.1) is 0 Å². The molecule has 0 aliphatic carbocycles. The summed E-state index contributed by atoms with van der Waals surface area (Å²) in [5.74, 6) is 0. The third kappa shape index (κ3) is 6.46. The van der Waals surface area contributed by atoms with Crippen molar-refractivity contribution < 1.29 is 9.13 Å². The Kier molecular flexibility index (Phi) is 9.82. The van der Waals surface area contributed by atoms with Gasteiger partial charge < -0.3 is 13.7 Å². The molecule has 0 N–H and O–H groups in total. The van der Waals surface area contributed by atoms with E-state index in [1.165, 1.54) is 10.8 Å². The maximum absolute atomic E-state index is 16.5. The molecule has 2 heterocycles. The highest BCUT2D eigenvalue weighted by Gasteiger charge is 2.35. The standard InChI is InChI=1S/C54H40N2O2P2/c57-59(45-21-3-1-4-22-45,47-25-15-19-41(38-47)40-33-35-55-36-34-40)53-31-13-7-17-42(53)37-43-18-8-14-32-54(43)60(58,46-23-5-2-6-24-46)48-26-16-20-44(39-48)56-51-29-11-9-27-49(51)50-28-10-12-30-52(50)56/h1-36,38-39H,37H2. The van der Waals surface area contributed by atoms with E-state index in [1.54, 1.807) is 12.4 Å². The minimum absolute atomic E-state index is 0.427. The summed E-state index contributed by atoms with van der Waals surface area (Å²) in [5.41, 5.74) is 6.96. The van der Waals surface area contributed by atoms with E-state index in [9.17, 15) is 0 Å². The number of pyridine rings is 1. The lowest BCUT2D eigenvalue weighted by molar-refractivity contribution is 0.591. The fourth-order valence-electron chi connectivity index (χ4n) is 8.72. The molecule has 0 fully saturated rings. The van der Waals surface area contributed by atoms with Gasteiger partial charge in [0.1, 0.15) is 0 Å². The van der Waals surface area contributed by atoms with Crippen LogP contribution >= 0.6 is 14.3 Å². The first kappa shape index (κ1) is 37.4. The van der Waals surface area contributed by atoms with Crippen LogP contribution in [0.5, 0.6) is 0 Å². The van der Waals surface area contributed by atoms with Gasteiger partial charge in [-0.3, -0.25) is 4.98 Å². The SMILES string of the molecule is O=P(c1ccccc1)(c1cccc(-c2ccncc2)c1)c1ccccc1Cc1ccccc1P(=O)(c1ccccc1)c1cccc(-n2c3ccccc3c3ccccc32)c1. The number of aromatic nitrogens is 2. The van der Waals surface area contributed by atoms with Crippen LogP contribution in [0.15, 0.2) is 231 Å². The zero-order chi connectivity index (χ0) is 40.5. The van der Waals surface area contributed by atoms with Crippen molar-refractivity contribution in [3.8, 4) is 16.8 Å². The number of para-hydroxylation sites is 2.